The van der Waals surface area contributed by atoms with Gasteiger partial charge in [-0.05, 0) is 31.4 Å². The zero-order valence-electron chi connectivity index (χ0n) is 16.1. The second kappa shape index (κ2) is 8.56. The number of ether oxygens (including phenoxy) is 1. The summed E-state index contributed by atoms with van der Waals surface area (Å²) in [6.45, 7) is 0.730. The van der Waals surface area contributed by atoms with Crippen molar-refractivity contribution in [3.63, 3.8) is 0 Å². The molecule has 2 aliphatic rings. The molecule has 9 heteroatoms. The first kappa shape index (κ1) is 19.9. The monoisotopic (exact) mass is 414 g/mol. The van der Waals surface area contributed by atoms with Gasteiger partial charge in [-0.2, -0.15) is 0 Å². The lowest BCUT2D eigenvalue weighted by molar-refractivity contribution is -0.116. The number of fused-ring (bicyclic) bond motifs is 2. The molecule has 30 heavy (non-hydrogen) atoms. The number of amides is 2. The van der Waals surface area contributed by atoms with Gasteiger partial charge in [0.1, 0.15) is 11.6 Å². The topological polar surface area (TPSA) is 83.9 Å². The molecule has 2 amide bonds. The van der Waals surface area contributed by atoms with Crippen molar-refractivity contribution in [3.05, 3.63) is 47.7 Å². The summed E-state index contributed by atoms with van der Waals surface area (Å²) in [5.74, 6) is -1.62. The van der Waals surface area contributed by atoms with E-state index in [4.69, 9.17) is 4.74 Å². The molecule has 0 bridgehead atoms. The van der Waals surface area contributed by atoms with Gasteiger partial charge in [0, 0.05) is 37.5 Å². The summed E-state index contributed by atoms with van der Waals surface area (Å²) >= 11 is 0. The smallest absolute Gasteiger partial charge is 0.256 e. The van der Waals surface area contributed by atoms with Crippen LogP contribution in [0, 0.1) is 11.6 Å². The normalized spacial score (nSPS) is 17.3. The molecule has 1 N–H and O–H groups in total. The number of anilines is 1. The molecule has 0 radical (unpaired) electrons. The molecule has 156 valence electrons. The molecule has 0 spiro atoms. The average molecular weight is 414 g/mol. The minimum absolute atomic E-state index is 0.0204. The van der Waals surface area contributed by atoms with Crippen molar-refractivity contribution in [2.45, 2.75) is 31.7 Å². The Bertz CT molecular complexity index is 1010. The van der Waals surface area contributed by atoms with Crippen LogP contribution in [-0.2, 0) is 4.79 Å². The maximum Gasteiger partial charge on any atom is 0.256 e. The lowest BCUT2D eigenvalue weighted by atomic mass is 10.1. The average Bonchev–Trinajstić information content (AvgIpc) is 3.14. The summed E-state index contributed by atoms with van der Waals surface area (Å²) in [5, 5.41) is 2.48. The predicted octanol–water partition coefficient (Wildman–Crippen LogP) is 3.48. The lowest BCUT2D eigenvalue weighted by Gasteiger charge is -2.20. The Morgan fingerprint density at radius 3 is 3.00 bits per heavy atom. The highest BCUT2D eigenvalue weighted by molar-refractivity contribution is 6.03. The number of nitrogens with zero attached hydrogens (tertiary/aromatic N) is 3. The van der Waals surface area contributed by atoms with E-state index in [1.807, 2.05) is 0 Å². The van der Waals surface area contributed by atoms with E-state index < -0.39 is 11.6 Å². The highest BCUT2D eigenvalue weighted by atomic mass is 19.1. The van der Waals surface area contributed by atoms with E-state index in [0.29, 0.717) is 18.7 Å². The third-order valence-electron chi connectivity index (χ3n) is 5.02. The van der Waals surface area contributed by atoms with Crippen LogP contribution in [0.5, 0.6) is 5.75 Å². The molecular formula is C21H20F2N4O3. The van der Waals surface area contributed by atoms with Crippen molar-refractivity contribution in [1.29, 1.82) is 0 Å². The van der Waals surface area contributed by atoms with Crippen LogP contribution in [-0.4, -0.2) is 47.1 Å². The van der Waals surface area contributed by atoms with Crippen LogP contribution in [0.25, 0.3) is 0 Å². The second-order valence-electron chi connectivity index (χ2n) is 7.15. The molecule has 0 unspecified atom stereocenters. The largest absolute Gasteiger partial charge is 0.490 e. The van der Waals surface area contributed by atoms with E-state index in [9.17, 15) is 18.4 Å². The minimum Gasteiger partial charge on any atom is -0.490 e. The highest BCUT2D eigenvalue weighted by Gasteiger charge is 2.32. The van der Waals surface area contributed by atoms with Crippen molar-refractivity contribution in [2.75, 3.05) is 18.5 Å². The molecule has 1 fully saturated rings. The van der Waals surface area contributed by atoms with Gasteiger partial charge in [-0.15, -0.1) is 0 Å². The zero-order chi connectivity index (χ0) is 21.1. The molecule has 0 saturated carbocycles. The van der Waals surface area contributed by atoms with Crippen molar-refractivity contribution < 1.29 is 23.1 Å². The van der Waals surface area contributed by atoms with Gasteiger partial charge in [0.2, 0.25) is 5.91 Å². The van der Waals surface area contributed by atoms with Gasteiger partial charge in [0.05, 0.1) is 23.9 Å². The predicted molar refractivity (Wildman–Crippen MR) is 106 cm³/mol. The maximum absolute atomic E-state index is 14.5. The number of hydrogen-bond acceptors (Lipinski definition) is 5. The molecule has 3 heterocycles. The van der Waals surface area contributed by atoms with E-state index in [-0.39, 0.29) is 48.0 Å². The van der Waals surface area contributed by atoms with Crippen LogP contribution in [0.3, 0.4) is 0 Å². The van der Waals surface area contributed by atoms with Crippen LogP contribution in [0.2, 0.25) is 0 Å². The molecule has 2 aliphatic heterocycles. The van der Waals surface area contributed by atoms with Crippen molar-refractivity contribution in [1.82, 2.24) is 9.88 Å². The first-order chi connectivity index (χ1) is 14.5. The van der Waals surface area contributed by atoms with Gasteiger partial charge in [-0.1, -0.05) is 0 Å². The summed E-state index contributed by atoms with van der Waals surface area (Å²) in [5.41, 5.74) is 0.600. The number of rotatable bonds is 6. The Hall–Kier alpha value is -3.36. The number of benzene rings is 1. The zero-order valence-corrected chi connectivity index (χ0v) is 16.1. The number of hydrogen-bond donors (Lipinski definition) is 1. The fraction of sp³-hybridized carbons (Fsp3) is 0.333. The Balaban J connectivity index is 1.34. The Morgan fingerprint density at radius 1 is 1.30 bits per heavy atom. The standard InChI is InChI=1S/C21H20F2N4O3/c22-13-5-6-24-19(9-13)26-20(28)4-2-8-30-18-11-17-15(10-16(18)23)21(29)27-7-1-3-14(27)12-25-17/h5-6,9-12,14H,1-4,7-8H2,(H,24,26,28)/t14-/m0/s1. The van der Waals surface area contributed by atoms with Crippen molar-refractivity contribution in [2.24, 2.45) is 4.99 Å². The van der Waals surface area contributed by atoms with Gasteiger partial charge in [0.15, 0.2) is 11.6 Å². The quantitative estimate of drug-likeness (QED) is 0.734. The van der Waals surface area contributed by atoms with Gasteiger partial charge in [0.25, 0.3) is 5.91 Å². The molecule has 4 rings (SSSR count). The van der Waals surface area contributed by atoms with Crippen molar-refractivity contribution in [3.8, 4) is 5.75 Å². The van der Waals surface area contributed by atoms with Crippen LogP contribution >= 0.6 is 0 Å². The fourth-order valence-electron chi connectivity index (χ4n) is 3.55. The SMILES string of the molecule is O=C(CCCOc1cc2c(cc1F)C(=O)N1CCC[C@H]1C=N2)Nc1cc(F)ccn1. The molecular weight excluding hydrogens is 394 g/mol. The maximum atomic E-state index is 14.5. The summed E-state index contributed by atoms with van der Waals surface area (Å²) in [7, 11) is 0. The number of nitrogens with one attached hydrogen (secondary N) is 1. The van der Waals surface area contributed by atoms with E-state index in [0.717, 1.165) is 25.0 Å². The Kier molecular flexibility index (Phi) is 5.69. The molecule has 7 nitrogen and oxygen atoms in total. The summed E-state index contributed by atoms with van der Waals surface area (Å²) in [6.07, 6.45) is 5.15. The second-order valence-corrected chi connectivity index (χ2v) is 7.15. The van der Waals surface area contributed by atoms with E-state index in [2.05, 4.69) is 15.3 Å². The summed E-state index contributed by atoms with van der Waals surface area (Å²) in [4.78, 5) is 34.5. The third kappa shape index (κ3) is 4.29. The van der Waals surface area contributed by atoms with Crippen LogP contribution < -0.4 is 10.1 Å². The number of aromatic nitrogens is 1. The molecule has 1 atom stereocenters. The summed E-state index contributed by atoms with van der Waals surface area (Å²) in [6, 6.07) is 4.82. The van der Waals surface area contributed by atoms with Gasteiger partial charge < -0.3 is 15.0 Å². The van der Waals surface area contributed by atoms with Crippen LogP contribution in [0.4, 0.5) is 20.3 Å². The molecule has 1 saturated heterocycles. The minimum atomic E-state index is -0.650. The van der Waals surface area contributed by atoms with Gasteiger partial charge in [-0.25, -0.2) is 13.8 Å². The number of halogens is 2. The first-order valence-corrected chi connectivity index (χ1v) is 9.74. The molecule has 1 aromatic heterocycles. The van der Waals surface area contributed by atoms with Crippen LogP contribution in [0.15, 0.2) is 35.5 Å². The first-order valence-electron chi connectivity index (χ1n) is 9.74. The highest BCUT2D eigenvalue weighted by Crippen LogP contribution is 2.33. The van der Waals surface area contributed by atoms with Gasteiger partial charge in [-0.3, -0.25) is 14.6 Å². The number of aliphatic imine (C=N–C) groups is 1. The Morgan fingerprint density at radius 2 is 2.17 bits per heavy atom. The van der Waals surface area contributed by atoms with Gasteiger partial charge >= 0.3 is 0 Å². The van der Waals surface area contributed by atoms with Crippen molar-refractivity contribution >= 4 is 29.5 Å². The third-order valence-corrected chi connectivity index (χ3v) is 5.02. The Labute approximate surface area is 171 Å². The van der Waals surface area contributed by atoms with Crippen LogP contribution in [0.1, 0.15) is 36.0 Å². The molecule has 0 aliphatic carbocycles. The lowest BCUT2D eigenvalue weighted by Crippen LogP contribution is -2.35. The number of pyridine rings is 1. The number of carbonyl (C=O) groups is 2. The number of carbonyl (C=O) groups excluding carboxylic acids is 2. The molecule has 2 aromatic rings. The van der Waals surface area contributed by atoms with E-state index in [1.165, 1.54) is 18.3 Å². The fourth-order valence-corrected chi connectivity index (χ4v) is 3.55. The van der Waals surface area contributed by atoms with E-state index in [1.54, 1.807) is 11.1 Å². The molecule has 1 aromatic carbocycles. The summed E-state index contributed by atoms with van der Waals surface area (Å²) < 4.78 is 33.0. The van der Waals surface area contributed by atoms with E-state index >= 15 is 0 Å².